The van der Waals surface area contributed by atoms with Crippen molar-refractivity contribution in [3.8, 4) is 11.3 Å². The van der Waals surface area contributed by atoms with Gasteiger partial charge < -0.3 is 14.3 Å². The molecule has 1 saturated heterocycles. The maximum absolute atomic E-state index is 12.9. The van der Waals surface area contributed by atoms with Gasteiger partial charge in [-0.05, 0) is 66.9 Å². The van der Waals surface area contributed by atoms with Gasteiger partial charge in [-0.1, -0.05) is 41.9 Å². The predicted molar refractivity (Wildman–Crippen MR) is 149 cm³/mol. The fraction of sp³-hybridized carbons (Fsp3) is 0.259. The number of piperidine rings is 1. The molecule has 0 saturated carbocycles. The van der Waals surface area contributed by atoms with Crippen LogP contribution in [0.15, 0.2) is 87.6 Å². The number of carbonyl (C=O) groups is 1. The number of halogens is 1. The minimum atomic E-state index is -3.51. The van der Waals surface area contributed by atoms with Gasteiger partial charge in [0.1, 0.15) is 5.76 Å². The van der Waals surface area contributed by atoms with Crippen LogP contribution in [0.5, 0.6) is 0 Å². The van der Waals surface area contributed by atoms with E-state index in [2.05, 4.69) is 10.3 Å². The number of nitrogens with one attached hydrogen (secondary N) is 1. The number of thioether (sulfide) groups is 1. The molecule has 0 aliphatic carbocycles. The molecule has 38 heavy (non-hydrogen) atoms. The first-order valence-corrected chi connectivity index (χ1v) is 15.1. The number of anilines is 1. The lowest BCUT2D eigenvalue weighted by molar-refractivity contribution is -0.113. The Balaban J connectivity index is 1.25. The number of furan rings is 1. The molecule has 0 atom stereocenters. The van der Waals surface area contributed by atoms with Crippen LogP contribution >= 0.6 is 23.4 Å². The minimum absolute atomic E-state index is 0.128. The van der Waals surface area contributed by atoms with Gasteiger partial charge >= 0.3 is 0 Å². The average Bonchev–Trinajstić information content (AvgIpc) is 3.59. The van der Waals surface area contributed by atoms with E-state index in [1.807, 2.05) is 41.0 Å². The fourth-order valence-corrected chi connectivity index (χ4v) is 6.75. The lowest BCUT2D eigenvalue weighted by Gasteiger charge is -2.25. The van der Waals surface area contributed by atoms with Crippen LogP contribution in [-0.4, -0.2) is 47.0 Å². The van der Waals surface area contributed by atoms with E-state index in [1.165, 1.54) is 16.1 Å². The van der Waals surface area contributed by atoms with Crippen LogP contribution in [0.2, 0.25) is 5.02 Å². The molecule has 198 valence electrons. The van der Waals surface area contributed by atoms with Gasteiger partial charge in [-0.2, -0.15) is 4.31 Å². The molecule has 8 nitrogen and oxygen atoms in total. The highest BCUT2D eigenvalue weighted by Gasteiger charge is 2.25. The molecule has 5 rings (SSSR count). The standard InChI is InChI=1S/C27H27ClN4O4S2/c28-21-8-6-20(7-9-21)25-17-29-27(32(25)18-23-5-4-16-36-23)37-19-26(33)30-22-10-12-24(13-11-22)38(34,35)31-14-2-1-3-15-31/h4-13,16-17H,1-3,14-15,18-19H2,(H,30,33). The van der Waals surface area contributed by atoms with Crippen molar-refractivity contribution in [2.24, 2.45) is 0 Å². The number of hydrogen-bond acceptors (Lipinski definition) is 6. The van der Waals surface area contributed by atoms with Crippen LogP contribution in [-0.2, 0) is 21.4 Å². The van der Waals surface area contributed by atoms with Crippen molar-refractivity contribution in [1.29, 1.82) is 0 Å². The van der Waals surface area contributed by atoms with Gasteiger partial charge in [0.05, 0.1) is 35.3 Å². The van der Waals surface area contributed by atoms with E-state index in [4.69, 9.17) is 16.0 Å². The molecule has 0 unspecified atom stereocenters. The first kappa shape index (κ1) is 26.6. The monoisotopic (exact) mass is 570 g/mol. The number of benzene rings is 2. The highest BCUT2D eigenvalue weighted by Crippen LogP contribution is 2.29. The molecule has 4 aromatic rings. The summed E-state index contributed by atoms with van der Waals surface area (Å²) < 4.78 is 34.8. The molecule has 1 fully saturated rings. The van der Waals surface area contributed by atoms with Crippen molar-refractivity contribution in [3.63, 3.8) is 0 Å². The molecule has 0 radical (unpaired) electrons. The summed E-state index contributed by atoms with van der Waals surface area (Å²) in [4.78, 5) is 17.5. The Bertz CT molecular complexity index is 1480. The van der Waals surface area contributed by atoms with Gasteiger partial charge in [0.25, 0.3) is 0 Å². The SMILES string of the molecule is O=C(CSc1ncc(-c2ccc(Cl)cc2)n1Cc1ccco1)Nc1ccc(S(=O)(=O)N2CCCCC2)cc1. The molecule has 1 amide bonds. The van der Waals surface area contributed by atoms with Gasteiger partial charge in [0, 0.05) is 23.8 Å². The van der Waals surface area contributed by atoms with Crippen LogP contribution in [0.25, 0.3) is 11.3 Å². The Hall–Kier alpha value is -3.05. The highest BCUT2D eigenvalue weighted by atomic mass is 35.5. The molecule has 1 aliphatic rings. The second kappa shape index (κ2) is 11.8. The smallest absolute Gasteiger partial charge is 0.243 e. The van der Waals surface area contributed by atoms with E-state index < -0.39 is 10.0 Å². The average molecular weight is 571 g/mol. The summed E-state index contributed by atoms with van der Waals surface area (Å²) in [5.41, 5.74) is 2.37. The van der Waals surface area contributed by atoms with Crippen LogP contribution in [0.1, 0.15) is 25.0 Å². The molecule has 0 spiro atoms. The second-order valence-corrected chi connectivity index (χ2v) is 12.2. The zero-order chi connectivity index (χ0) is 26.5. The molecule has 1 aliphatic heterocycles. The number of nitrogens with zero attached hydrogens (tertiary/aromatic N) is 3. The largest absolute Gasteiger partial charge is 0.467 e. The third kappa shape index (κ3) is 6.15. The van der Waals surface area contributed by atoms with Gasteiger partial charge in [-0.25, -0.2) is 13.4 Å². The van der Waals surface area contributed by atoms with Crippen LogP contribution in [0.4, 0.5) is 5.69 Å². The maximum atomic E-state index is 12.9. The molecular formula is C27H27ClN4O4S2. The summed E-state index contributed by atoms with van der Waals surface area (Å²) in [5.74, 6) is 0.676. The third-order valence-electron chi connectivity index (χ3n) is 6.28. The quantitative estimate of drug-likeness (QED) is 0.257. The summed E-state index contributed by atoms with van der Waals surface area (Å²) in [6, 6.07) is 17.5. The summed E-state index contributed by atoms with van der Waals surface area (Å²) in [5, 5.41) is 4.16. The topological polar surface area (TPSA) is 97.4 Å². The van der Waals surface area contributed by atoms with Gasteiger partial charge in [-0.3, -0.25) is 4.79 Å². The van der Waals surface area contributed by atoms with E-state index in [0.717, 1.165) is 36.3 Å². The Morgan fingerprint density at radius 2 is 1.76 bits per heavy atom. The molecule has 2 aromatic heterocycles. The van der Waals surface area contributed by atoms with Crippen molar-refractivity contribution in [3.05, 3.63) is 83.9 Å². The number of amides is 1. The number of sulfonamides is 1. The summed E-state index contributed by atoms with van der Waals surface area (Å²) >= 11 is 7.37. The first-order valence-electron chi connectivity index (χ1n) is 12.3. The normalized spacial score (nSPS) is 14.4. The number of imidazole rings is 1. The molecule has 3 heterocycles. The van der Waals surface area contributed by atoms with Crippen molar-refractivity contribution in [2.75, 3.05) is 24.2 Å². The zero-order valence-corrected chi connectivity index (χ0v) is 22.9. The minimum Gasteiger partial charge on any atom is -0.467 e. The second-order valence-electron chi connectivity index (χ2n) is 8.92. The van der Waals surface area contributed by atoms with Crippen molar-refractivity contribution < 1.29 is 17.6 Å². The summed E-state index contributed by atoms with van der Waals surface area (Å²) in [6.45, 7) is 1.56. The van der Waals surface area contributed by atoms with E-state index in [0.29, 0.717) is 35.5 Å². The third-order valence-corrected chi connectivity index (χ3v) is 9.43. The molecule has 11 heteroatoms. The van der Waals surface area contributed by atoms with Gasteiger partial charge in [0.15, 0.2) is 5.16 Å². The zero-order valence-electron chi connectivity index (χ0n) is 20.5. The molecule has 1 N–H and O–H groups in total. The summed E-state index contributed by atoms with van der Waals surface area (Å²) in [6.07, 6.45) is 6.21. The predicted octanol–water partition coefficient (Wildman–Crippen LogP) is 5.75. The highest BCUT2D eigenvalue weighted by molar-refractivity contribution is 7.99. The van der Waals surface area contributed by atoms with Crippen molar-refractivity contribution >= 4 is 45.0 Å². The van der Waals surface area contributed by atoms with E-state index >= 15 is 0 Å². The van der Waals surface area contributed by atoms with Gasteiger partial charge in [-0.15, -0.1) is 0 Å². The summed E-state index contributed by atoms with van der Waals surface area (Å²) in [7, 11) is -3.51. The molecule has 0 bridgehead atoms. The van der Waals surface area contributed by atoms with E-state index in [1.54, 1.807) is 36.7 Å². The van der Waals surface area contributed by atoms with Crippen LogP contribution < -0.4 is 5.32 Å². The first-order chi connectivity index (χ1) is 18.4. The van der Waals surface area contributed by atoms with Crippen molar-refractivity contribution in [2.45, 2.75) is 35.9 Å². The number of hydrogen-bond donors (Lipinski definition) is 1. The number of rotatable bonds is 9. The maximum Gasteiger partial charge on any atom is 0.243 e. The van der Waals surface area contributed by atoms with Crippen LogP contribution in [0.3, 0.4) is 0 Å². The lowest BCUT2D eigenvalue weighted by Crippen LogP contribution is -2.35. The van der Waals surface area contributed by atoms with E-state index in [-0.39, 0.29) is 16.6 Å². The van der Waals surface area contributed by atoms with Crippen LogP contribution in [0, 0.1) is 0 Å². The Morgan fingerprint density at radius 3 is 2.45 bits per heavy atom. The van der Waals surface area contributed by atoms with Gasteiger partial charge in [0.2, 0.25) is 15.9 Å². The Labute approximate surface area is 231 Å². The molecule has 2 aromatic carbocycles. The lowest BCUT2D eigenvalue weighted by atomic mass is 10.1. The Morgan fingerprint density at radius 1 is 1.03 bits per heavy atom. The number of aromatic nitrogens is 2. The number of carbonyl (C=O) groups excluding carboxylic acids is 1. The molecular weight excluding hydrogens is 544 g/mol. The Kier molecular flexibility index (Phi) is 8.23. The van der Waals surface area contributed by atoms with Crippen molar-refractivity contribution in [1.82, 2.24) is 13.9 Å². The van der Waals surface area contributed by atoms with E-state index in [9.17, 15) is 13.2 Å². The fourth-order valence-electron chi connectivity index (χ4n) is 4.33.